The van der Waals surface area contributed by atoms with Crippen molar-refractivity contribution in [2.45, 2.75) is 38.8 Å². The van der Waals surface area contributed by atoms with Crippen molar-refractivity contribution in [3.63, 3.8) is 0 Å². The Hall–Kier alpha value is -2.45. The van der Waals surface area contributed by atoms with E-state index in [4.69, 9.17) is 15.6 Å². The van der Waals surface area contributed by atoms with Crippen molar-refractivity contribution in [2.75, 3.05) is 167 Å². The first kappa shape index (κ1) is 85.5. The maximum absolute atomic E-state index is 12.1. The Morgan fingerprint density at radius 2 is 0.878 bits per heavy atom. The molecule has 0 unspecified atom stereocenters. The van der Waals surface area contributed by atoms with E-state index in [1.807, 2.05) is 45.4 Å². The monoisotopic (exact) mass is 1190 g/mol. The summed E-state index contributed by atoms with van der Waals surface area (Å²) in [5.41, 5.74) is 6.36. The van der Waals surface area contributed by atoms with Gasteiger partial charge in [-0.25, -0.2) is 0 Å². The number of benzene rings is 1. The fraction of sp³-hybridized carbons (Fsp3) is 0.667. The first-order chi connectivity index (χ1) is 32.1. The molecule has 7 N–H and O–H groups in total. The Bertz CT molecular complexity index is 1710. The third kappa shape index (κ3) is 51.6. The van der Waals surface area contributed by atoms with Crippen LogP contribution in [0.4, 0.5) is 0 Å². The first-order valence-corrected chi connectivity index (χ1v) is 26.5. The number of nitrogens with zero attached hydrogens (tertiary/aromatic N) is 4. The van der Waals surface area contributed by atoms with Gasteiger partial charge in [0.25, 0.3) is 0 Å². The molecule has 0 saturated heterocycles. The van der Waals surface area contributed by atoms with Crippen molar-refractivity contribution in [2.24, 2.45) is 23.5 Å². The number of hydrogen-bond acceptors (Lipinski definition) is 14. The molecule has 1 rings (SSSR count). The van der Waals surface area contributed by atoms with E-state index in [0.717, 1.165) is 54.1 Å². The van der Waals surface area contributed by atoms with Crippen molar-refractivity contribution >= 4 is 108 Å². The van der Waals surface area contributed by atoms with E-state index in [-0.39, 0.29) is 96.7 Å². The Morgan fingerprint density at radius 1 is 0.554 bits per heavy atom. The summed E-state index contributed by atoms with van der Waals surface area (Å²) in [7, 11) is 24.7. The predicted octanol–water partition coefficient (Wildman–Crippen LogP) is 2.76. The van der Waals surface area contributed by atoms with Gasteiger partial charge in [-0.1, -0.05) is 34.1 Å². The van der Waals surface area contributed by atoms with Gasteiger partial charge in [-0.2, -0.15) is 50.5 Å². The standard InChI is InChI=1S/C17H25BrN2O3S.C11H22N2O3S.C11H22N2O2S.C8H19N3OS.4CH3/c1-20(2,3)9-8-19-17(22)14(12-24)10-16(21)23-11-13-6-4-5-7-15(13)18;1-13(2,3)5-4-12-11(16)9(8-17)6-10(15)7-14;1-9(14)7-10(8-16)11(15)12-5-6-13(2,3)4;1-11(2,3)5-4-10-8(12)7(9)6-13;;;;/h4-7,14H,8-12H2,1-3H3,(H-,19,22,24);9,14H,4-8H2,1-3H3,(H-,12,16,17);10H,5-8H2,1-4H3,(H-,12,15,16);7H,4-6,9H2,1-3H3,(H-,10,12,13);4*1H3/q;;;;4*-1/p+4/t14-;9-;10-;7-;;;;/m0000..../s1. The number of Topliss-reactive ketones (excluding diaryl/α,β-unsaturated/α-hetero) is 2. The lowest BCUT2D eigenvalue weighted by molar-refractivity contribution is -0.869. The fourth-order valence-electron chi connectivity index (χ4n) is 5.15. The number of carbonyl (C=O) groups is 7. The topological polar surface area (TPSA) is 223 Å². The van der Waals surface area contributed by atoms with Gasteiger partial charge in [0.05, 0.1) is 167 Å². The zero-order chi connectivity index (χ0) is 54.9. The maximum atomic E-state index is 12.1. The lowest BCUT2D eigenvalue weighted by Gasteiger charge is -2.24. The Kier molecular flexibility index (Phi) is 52.6. The molecule has 438 valence electrons. The lowest BCUT2D eigenvalue weighted by Crippen LogP contribution is -2.47. The third-order valence-electron chi connectivity index (χ3n) is 9.58. The molecule has 4 amide bonds. The van der Waals surface area contributed by atoms with Crippen molar-refractivity contribution in [3.8, 4) is 0 Å². The Balaban J connectivity index is -0.000000163. The van der Waals surface area contributed by atoms with E-state index >= 15 is 0 Å². The van der Waals surface area contributed by atoms with Crippen molar-refractivity contribution in [1.82, 2.24) is 21.3 Å². The van der Waals surface area contributed by atoms with E-state index in [0.29, 0.717) is 49.2 Å². The quantitative estimate of drug-likeness (QED) is 0.0245. The number of rotatable bonds is 29. The molecule has 0 fully saturated rings. The number of aliphatic hydroxyl groups excluding tert-OH is 1. The number of aliphatic hydroxyl groups is 1. The second-order valence-electron chi connectivity index (χ2n) is 20.9. The van der Waals surface area contributed by atoms with Crippen LogP contribution in [0, 0.1) is 47.5 Å². The van der Waals surface area contributed by atoms with E-state index in [9.17, 15) is 33.6 Å². The molecule has 0 aliphatic carbocycles. The molecular weight excluding hydrogens is 1090 g/mol. The highest BCUT2D eigenvalue weighted by Crippen LogP contribution is 2.17. The van der Waals surface area contributed by atoms with Crippen LogP contribution in [0.2, 0.25) is 0 Å². The largest absolute Gasteiger partial charge is 0.461 e. The van der Waals surface area contributed by atoms with E-state index in [1.165, 1.54) is 6.92 Å². The molecule has 23 heteroatoms. The zero-order valence-electron chi connectivity index (χ0n) is 48.4. The minimum atomic E-state index is -0.517. The van der Waals surface area contributed by atoms with Crippen LogP contribution in [-0.4, -0.2) is 237 Å². The van der Waals surface area contributed by atoms with Gasteiger partial charge in [-0.05, 0) is 13.0 Å². The molecule has 0 aliphatic heterocycles. The Labute approximate surface area is 480 Å². The average Bonchev–Trinajstić information content (AvgIpc) is 3.24. The summed E-state index contributed by atoms with van der Waals surface area (Å²) in [6, 6.07) is 7.06. The van der Waals surface area contributed by atoms with E-state index in [2.05, 4.69) is 151 Å². The molecule has 0 saturated carbocycles. The van der Waals surface area contributed by atoms with Crippen LogP contribution in [0.15, 0.2) is 28.7 Å². The Morgan fingerprint density at radius 3 is 1.18 bits per heavy atom. The van der Waals surface area contributed by atoms with Gasteiger partial charge in [0.15, 0.2) is 5.78 Å². The van der Waals surface area contributed by atoms with Crippen LogP contribution in [0.3, 0.4) is 0 Å². The number of quaternary nitrogens is 4. The van der Waals surface area contributed by atoms with Crippen LogP contribution in [0.25, 0.3) is 0 Å². The number of esters is 1. The summed E-state index contributed by atoms with van der Waals surface area (Å²) >= 11 is 19.7. The molecule has 4 atom stereocenters. The van der Waals surface area contributed by atoms with Gasteiger partial charge in [0.1, 0.15) is 19.0 Å². The summed E-state index contributed by atoms with van der Waals surface area (Å²) in [6.45, 7) is 6.98. The summed E-state index contributed by atoms with van der Waals surface area (Å²) in [6.07, 6.45) is 0.361. The molecule has 0 radical (unpaired) electrons. The van der Waals surface area contributed by atoms with Gasteiger partial charge in [-0.3, -0.25) is 28.8 Å². The number of thiol groups is 4. The smallest absolute Gasteiger partial charge is 0.306 e. The number of ether oxygens (including phenoxy) is 1. The van der Waals surface area contributed by atoms with Gasteiger partial charge in [0, 0.05) is 45.9 Å². The summed E-state index contributed by atoms with van der Waals surface area (Å²) in [4.78, 5) is 80.7. The molecule has 0 spiro atoms. The maximum Gasteiger partial charge on any atom is 0.306 e. The average molecular weight is 1200 g/mol. The van der Waals surface area contributed by atoms with Gasteiger partial charge in [-0.15, -0.1) is 0 Å². The van der Waals surface area contributed by atoms with E-state index in [1.54, 1.807) is 0 Å². The van der Waals surface area contributed by atoms with Crippen LogP contribution in [0.1, 0.15) is 31.7 Å². The number of amides is 4. The minimum absolute atomic E-state index is 0. The molecule has 0 aromatic heterocycles. The summed E-state index contributed by atoms with van der Waals surface area (Å²) in [5.74, 6) is -1.04. The molecule has 1 aromatic rings. The molecule has 18 nitrogen and oxygen atoms in total. The normalized spacial score (nSPS) is 12.4. The highest BCUT2D eigenvalue weighted by atomic mass is 79.9. The number of hydrogen-bond donors (Lipinski definition) is 10. The first-order valence-electron chi connectivity index (χ1n) is 23.2. The molecule has 0 aliphatic rings. The number of ketones is 2. The van der Waals surface area contributed by atoms with Gasteiger partial charge in [0.2, 0.25) is 23.6 Å². The second kappa shape index (κ2) is 45.6. The zero-order valence-corrected chi connectivity index (χ0v) is 53.5. The minimum Gasteiger partial charge on any atom is -0.461 e. The summed E-state index contributed by atoms with van der Waals surface area (Å²) in [5, 5.41) is 19.9. The van der Waals surface area contributed by atoms with Crippen LogP contribution < -0.4 is 27.0 Å². The fourth-order valence-corrected chi connectivity index (χ4v) is 6.60. The molecule has 0 heterocycles. The predicted molar refractivity (Wildman–Crippen MR) is 324 cm³/mol. The van der Waals surface area contributed by atoms with Crippen molar-refractivity contribution in [3.05, 3.63) is 64.0 Å². The van der Waals surface area contributed by atoms with Crippen LogP contribution >= 0.6 is 66.4 Å². The third-order valence-corrected chi connectivity index (χ3v) is 12.1. The molecular formula is C51H104BrN9O9S4. The van der Waals surface area contributed by atoms with Crippen LogP contribution in [0.5, 0.6) is 0 Å². The summed E-state index contributed by atoms with van der Waals surface area (Å²) < 4.78 is 9.32. The van der Waals surface area contributed by atoms with E-state index < -0.39 is 30.5 Å². The van der Waals surface area contributed by atoms with Gasteiger partial charge < -0.3 is 89.3 Å². The highest BCUT2D eigenvalue weighted by molar-refractivity contribution is 9.10. The number of nitrogens with one attached hydrogen (secondary N) is 4. The molecule has 1 aromatic carbocycles. The van der Waals surface area contributed by atoms with Crippen molar-refractivity contribution in [1.29, 1.82) is 0 Å². The number of likely N-dealkylation sites (N-methyl/N-ethyl adjacent to an activating group) is 4. The number of nitrogens with two attached hydrogens (primary N) is 1. The highest BCUT2D eigenvalue weighted by Gasteiger charge is 2.23. The van der Waals surface area contributed by atoms with Crippen molar-refractivity contribution < 1.29 is 61.3 Å². The lowest BCUT2D eigenvalue weighted by atomic mass is 10.0. The molecule has 74 heavy (non-hydrogen) atoms. The van der Waals surface area contributed by atoms with Gasteiger partial charge >= 0.3 is 5.97 Å². The SMILES string of the molecule is CC(=O)C[C@@H](CS)C(=O)NCC[N+](C)(C)C.C[N+](C)(C)CCNC(=O)[C@@H](N)CS.C[N+](C)(C)CCNC(=O)[C@H](CS)CC(=O)CO.C[N+](C)(C)CCNC(=O)[C@H](CS)CC(=O)OCc1ccccc1Br.[CH3-].[CH3-].[CH3-].[CH3-]. The number of halogens is 1. The second-order valence-corrected chi connectivity index (χ2v) is 23.2. The molecule has 0 bridgehead atoms. The number of carbonyl (C=O) groups excluding carboxylic acids is 7. The van der Waals surface area contributed by atoms with Crippen LogP contribution in [-0.2, 0) is 44.9 Å².